The van der Waals surface area contributed by atoms with Gasteiger partial charge < -0.3 is 20.1 Å². The smallest absolute Gasteiger partial charge is 0.191 e. The molecule has 2 rings (SSSR count). The number of ether oxygens (including phenoxy) is 2. The molecule has 0 aromatic heterocycles. The normalized spacial score (nSPS) is 19.6. The van der Waals surface area contributed by atoms with Crippen molar-refractivity contribution in [3.63, 3.8) is 0 Å². The molecule has 7 heteroatoms. The molecule has 0 aliphatic heterocycles. The summed E-state index contributed by atoms with van der Waals surface area (Å²) >= 11 is 3.57. The number of halogens is 2. The molecule has 0 bridgehead atoms. The minimum absolute atomic E-state index is 0. The van der Waals surface area contributed by atoms with Crippen LogP contribution in [0.15, 0.2) is 21.6 Å². The van der Waals surface area contributed by atoms with Crippen LogP contribution in [-0.4, -0.2) is 32.8 Å². The highest BCUT2D eigenvalue weighted by atomic mass is 127. The maximum atomic E-state index is 5.35. The molecule has 1 aliphatic carbocycles. The Balaban J connectivity index is 0.00000264. The van der Waals surface area contributed by atoms with E-state index in [1.807, 2.05) is 12.1 Å². The number of nitrogens with one attached hydrogen (secondary N) is 2. The fourth-order valence-corrected chi connectivity index (χ4v) is 2.65. The molecule has 1 aliphatic rings. The maximum Gasteiger partial charge on any atom is 0.191 e. The average Bonchev–Trinajstić information content (AvgIpc) is 3.20. The molecule has 0 heterocycles. The molecule has 1 fully saturated rings. The van der Waals surface area contributed by atoms with Crippen molar-refractivity contribution in [1.29, 1.82) is 0 Å². The Bertz CT molecular complexity index is 554. The van der Waals surface area contributed by atoms with E-state index in [-0.39, 0.29) is 24.0 Å². The standard InChI is InChI=1S/C16H24BrN3O2.HI/c1-5-18-16(20-13-6-10(13)2)19-9-11-7-14(21-3)15(22-4)8-12(11)17;/h7-8,10,13H,5-6,9H2,1-4H3,(H2,18,19,20);1H. The van der Waals surface area contributed by atoms with Gasteiger partial charge >= 0.3 is 0 Å². The first-order chi connectivity index (χ1) is 10.6. The number of benzene rings is 1. The van der Waals surface area contributed by atoms with Gasteiger partial charge in [-0.3, -0.25) is 0 Å². The monoisotopic (exact) mass is 497 g/mol. The number of aliphatic imine (C=N–C) groups is 1. The summed E-state index contributed by atoms with van der Waals surface area (Å²) in [4.78, 5) is 4.66. The third-order valence-electron chi connectivity index (χ3n) is 3.74. The molecule has 1 aromatic rings. The van der Waals surface area contributed by atoms with Crippen molar-refractivity contribution < 1.29 is 9.47 Å². The Labute approximate surface area is 163 Å². The molecule has 2 N–H and O–H groups in total. The van der Waals surface area contributed by atoms with E-state index in [1.165, 1.54) is 6.42 Å². The lowest BCUT2D eigenvalue weighted by Crippen LogP contribution is -2.39. The average molecular weight is 498 g/mol. The summed E-state index contributed by atoms with van der Waals surface area (Å²) in [6.45, 7) is 5.73. The summed E-state index contributed by atoms with van der Waals surface area (Å²) in [6, 6.07) is 4.41. The van der Waals surface area contributed by atoms with Gasteiger partial charge in [0.05, 0.1) is 20.8 Å². The van der Waals surface area contributed by atoms with Crippen molar-refractivity contribution in [2.24, 2.45) is 10.9 Å². The van der Waals surface area contributed by atoms with Gasteiger partial charge in [0.1, 0.15) is 0 Å². The highest BCUT2D eigenvalue weighted by Crippen LogP contribution is 2.33. The van der Waals surface area contributed by atoms with E-state index in [2.05, 4.69) is 45.4 Å². The van der Waals surface area contributed by atoms with Crippen LogP contribution in [0, 0.1) is 5.92 Å². The lowest BCUT2D eigenvalue weighted by atomic mass is 10.2. The molecular formula is C16H25BrIN3O2. The number of rotatable bonds is 6. The zero-order valence-corrected chi connectivity index (χ0v) is 17.9. The van der Waals surface area contributed by atoms with Gasteiger partial charge in [0.2, 0.25) is 0 Å². The van der Waals surface area contributed by atoms with Crippen LogP contribution in [0.25, 0.3) is 0 Å². The van der Waals surface area contributed by atoms with Crippen LogP contribution in [0.1, 0.15) is 25.8 Å². The Morgan fingerprint density at radius 2 is 1.91 bits per heavy atom. The number of nitrogens with zero attached hydrogens (tertiary/aromatic N) is 1. The largest absolute Gasteiger partial charge is 0.493 e. The number of guanidine groups is 1. The molecule has 130 valence electrons. The van der Waals surface area contributed by atoms with Crippen LogP contribution >= 0.6 is 39.9 Å². The van der Waals surface area contributed by atoms with E-state index in [4.69, 9.17) is 9.47 Å². The highest BCUT2D eigenvalue weighted by molar-refractivity contribution is 14.0. The molecule has 0 radical (unpaired) electrons. The summed E-state index contributed by atoms with van der Waals surface area (Å²) < 4.78 is 11.6. The van der Waals surface area contributed by atoms with Crippen molar-refractivity contribution in [3.8, 4) is 11.5 Å². The van der Waals surface area contributed by atoms with Gasteiger partial charge in [-0.1, -0.05) is 22.9 Å². The fraction of sp³-hybridized carbons (Fsp3) is 0.562. The zero-order valence-electron chi connectivity index (χ0n) is 14.0. The van der Waals surface area contributed by atoms with Gasteiger partial charge in [0.15, 0.2) is 17.5 Å². The second-order valence-corrected chi connectivity index (χ2v) is 6.31. The molecule has 0 saturated heterocycles. The summed E-state index contributed by atoms with van der Waals surface area (Å²) in [5.74, 6) is 3.01. The van der Waals surface area contributed by atoms with Gasteiger partial charge in [-0.25, -0.2) is 4.99 Å². The Morgan fingerprint density at radius 1 is 1.30 bits per heavy atom. The van der Waals surface area contributed by atoms with Crippen molar-refractivity contribution in [3.05, 3.63) is 22.2 Å². The molecule has 1 aromatic carbocycles. The summed E-state index contributed by atoms with van der Waals surface area (Å²) in [7, 11) is 3.27. The second kappa shape index (κ2) is 9.56. The lowest BCUT2D eigenvalue weighted by molar-refractivity contribution is 0.354. The second-order valence-electron chi connectivity index (χ2n) is 5.46. The molecule has 2 unspecified atom stereocenters. The molecular weight excluding hydrogens is 473 g/mol. The van der Waals surface area contributed by atoms with Crippen LogP contribution < -0.4 is 20.1 Å². The topological polar surface area (TPSA) is 54.9 Å². The predicted molar refractivity (Wildman–Crippen MR) is 108 cm³/mol. The fourth-order valence-electron chi connectivity index (χ4n) is 2.20. The highest BCUT2D eigenvalue weighted by Gasteiger charge is 2.33. The summed E-state index contributed by atoms with van der Waals surface area (Å²) in [5, 5.41) is 6.73. The molecule has 2 atom stereocenters. The lowest BCUT2D eigenvalue weighted by Gasteiger charge is -2.13. The predicted octanol–water partition coefficient (Wildman–Crippen LogP) is 3.55. The number of methoxy groups -OCH3 is 2. The van der Waals surface area contributed by atoms with Gasteiger partial charge in [-0.2, -0.15) is 0 Å². The molecule has 5 nitrogen and oxygen atoms in total. The molecule has 1 saturated carbocycles. The minimum Gasteiger partial charge on any atom is -0.493 e. The van der Waals surface area contributed by atoms with Crippen molar-refractivity contribution in [2.75, 3.05) is 20.8 Å². The summed E-state index contributed by atoms with van der Waals surface area (Å²) in [5.41, 5.74) is 1.05. The zero-order chi connectivity index (χ0) is 16.1. The Hall–Kier alpha value is -0.700. The molecule has 23 heavy (non-hydrogen) atoms. The van der Waals surface area contributed by atoms with E-state index in [0.29, 0.717) is 24.1 Å². The number of hydrogen-bond acceptors (Lipinski definition) is 3. The van der Waals surface area contributed by atoms with E-state index in [1.54, 1.807) is 14.2 Å². The maximum absolute atomic E-state index is 5.35. The Kier molecular flexibility index (Phi) is 8.46. The van der Waals surface area contributed by atoms with E-state index in [9.17, 15) is 0 Å². The van der Waals surface area contributed by atoms with Crippen LogP contribution in [-0.2, 0) is 6.54 Å². The van der Waals surface area contributed by atoms with Gasteiger partial charge in [-0.15, -0.1) is 24.0 Å². The van der Waals surface area contributed by atoms with Crippen molar-refractivity contribution in [1.82, 2.24) is 10.6 Å². The van der Waals surface area contributed by atoms with Crippen LogP contribution in [0.5, 0.6) is 11.5 Å². The first-order valence-electron chi connectivity index (χ1n) is 7.54. The third kappa shape index (κ3) is 5.70. The third-order valence-corrected chi connectivity index (χ3v) is 4.47. The van der Waals surface area contributed by atoms with E-state index in [0.717, 1.165) is 28.5 Å². The van der Waals surface area contributed by atoms with Gasteiger partial charge in [-0.05, 0) is 37.0 Å². The summed E-state index contributed by atoms with van der Waals surface area (Å²) in [6.07, 6.45) is 1.21. The van der Waals surface area contributed by atoms with Crippen molar-refractivity contribution in [2.45, 2.75) is 32.9 Å². The van der Waals surface area contributed by atoms with Crippen LogP contribution in [0.4, 0.5) is 0 Å². The van der Waals surface area contributed by atoms with Gasteiger partial charge in [0, 0.05) is 17.1 Å². The first-order valence-corrected chi connectivity index (χ1v) is 8.33. The SMILES string of the molecule is CCNC(=NCc1cc(OC)c(OC)cc1Br)NC1CC1C.I. The molecule has 0 amide bonds. The molecule has 0 spiro atoms. The van der Waals surface area contributed by atoms with E-state index >= 15 is 0 Å². The van der Waals surface area contributed by atoms with Crippen LogP contribution in [0.3, 0.4) is 0 Å². The van der Waals surface area contributed by atoms with Crippen LogP contribution in [0.2, 0.25) is 0 Å². The van der Waals surface area contributed by atoms with Gasteiger partial charge in [0.25, 0.3) is 0 Å². The Morgan fingerprint density at radius 3 is 2.43 bits per heavy atom. The quantitative estimate of drug-likeness (QED) is 0.358. The number of hydrogen-bond donors (Lipinski definition) is 2. The van der Waals surface area contributed by atoms with E-state index < -0.39 is 0 Å². The first kappa shape index (κ1) is 20.3. The minimum atomic E-state index is 0. The van der Waals surface area contributed by atoms with Crippen molar-refractivity contribution >= 4 is 45.9 Å².